The average Bonchev–Trinajstić information content (AvgIpc) is 2.93. The maximum absolute atomic E-state index is 4.03. The number of thioether (sulfide) groups is 1. The van der Waals surface area contributed by atoms with Crippen LogP contribution < -0.4 is 5.32 Å². The van der Waals surface area contributed by atoms with Gasteiger partial charge in [0, 0.05) is 6.54 Å². The van der Waals surface area contributed by atoms with E-state index in [1.807, 2.05) is 36.2 Å². The summed E-state index contributed by atoms with van der Waals surface area (Å²) in [5, 5.41) is 11.3. The Morgan fingerprint density at radius 1 is 1.33 bits per heavy atom. The van der Waals surface area contributed by atoms with Crippen LogP contribution in [0.1, 0.15) is 13.3 Å². The van der Waals surface area contributed by atoms with Crippen LogP contribution in [0.5, 0.6) is 0 Å². The van der Waals surface area contributed by atoms with Crippen molar-refractivity contribution in [1.29, 1.82) is 0 Å². The third kappa shape index (κ3) is 3.50. The first-order valence-electron chi connectivity index (χ1n) is 6.19. The summed E-state index contributed by atoms with van der Waals surface area (Å²) < 4.78 is 1.78. The molecule has 2 aromatic rings. The van der Waals surface area contributed by atoms with Crippen LogP contribution in [0.2, 0.25) is 0 Å². The number of anilines is 1. The highest BCUT2D eigenvalue weighted by atomic mass is 32.2. The van der Waals surface area contributed by atoms with Crippen LogP contribution >= 0.6 is 11.8 Å². The Kier molecular flexibility index (Phi) is 5.08. The van der Waals surface area contributed by atoms with Crippen molar-refractivity contribution in [2.45, 2.75) is 13.3 Å². The van der Waals surface area contributed by atoms with Crippen LogP contribution in [-0.4, -0.2) is 33.0 Å². The van der Waals surface area contributed by atoms with Gasteiger partial charge in [0.15, 0.2) is 0 Å². The molecule has 1 N–H and O–H groups in total. The van der Waals surface area contributed by atoms with Crippen LogP contribution in [0, 0.1) is 0 Å². The smallest absolute Gasteiger partial charge is 0.0894 e. The minimum absolute atomic E-state index is 0.985. The fraction of sp³-hybridized carbons (Fsp3) is 0.385. The molecular weight excluding hydrogens is 244 g/mol. The molecule has 0 radical (unpaired) electrons. The first-order valence-corrected chi connectivity index (χ1v) is 7.34. The molecule has 0 aliphatic carbocycles. The lowest BCUT2D eigenvalue weighted by Crippen LogP contribution is -2.07. The Morgan fingerprint density at radius 3 is 3.00 bits per heavy atom. The van der Waals surface area contributed by atoms with E-state index in [1.165, 1.54) is 17.9 Å². The lowest BCUT2D eigenvalue weighted by atomic mass is 10.2. The molecular formula is C13H18N4S. The number of nitrogens with one attached hydrogen (secondary N) is 1. The molecule has 0 fully saturated rings. The number of benzene rings is 1. The zero-order valence-electron chi connectivity index (χ0n) is 10.5. The standard InChI is InChI=1S/C13H18N4S/c1-2-18-11-5-8-14-12-6-3-4-7-13(12)17-10-9-15-16-17/h3-4,6-7,9-10,14H,2,5,8,11H2,1H3. The monoisotopic (exact) mass is 262 g/mol. The van der Waals surface area contributed by atoms with Crippen molar-refractivity contribution in [3.05, 3.63) is 36.7 Å². The summed E-state index contributed by atoms with van der Waals surface area (Å²) in [6, 6.07) is 8.15. The Labute approximate surface area is 112 Å². The highest BCUT2D eigenvalue weighted by Crippen LogP contribution is 2.18. The molecule has 0 saturated carbocycles. The minimum atomic E-state index is 0.985. The normalized spacial score (nSPS) is 10.5. The zero-order chi connectivity index (χ0) is 12.6. The third-order valence-electron chi connectivity index (χ3n) is 2.56. The van der Waals surface area contributed by atoms with Crippen LogP contribution in [0.25, 0.3) is 5.69 Å². The Balaban J connectivity index is 1.96. The second-order valence-electron chi connectivity index (χ2n) is 3.84. The first-order chi connectivity index (χ1) is 8.92. The quantitative estimate of drug-likeness (QED) is 0.779. The molecule has 0 spiro atoms. The van der Waals surface area contributed by atoms with Gasteiger partial charge in [-0.15, -0.1) is 5.10 Å². The van der Waals surface area contributed by atoms with E-state index in [0.29, 0.717) is 0 Å². The second-order valence-corrected chi connectivity index (χ2v) is 5.24. The van der Waals surface area contributed by atoms with E-state index in [0.717, 1.165) is 17.9 Å². The van der Waals surface area contributed by atoms with Gasteiger partial charge in [-0.3, -0.25) is 0 Å². The molecule has 0 saturated heterocycles. The molecule has 0 atom stereocenters. The summed E-state index contributed by atoms with van der Waals surface area (Å²) >= 11 is 1.98. The Bertz CT molecular complexity index is 456. The van der Waals surface area contributed by atoms with Gasteiger partial charge >= 0.3 is 0 Å². The molecule has 1 aromatic carbocycles. The number of aromatic nitrogens is 3. The molecule has 0 bridgehead atoms. The van der Waals surface area contributed by atoms with Gasteiger partial charge in [0.05, 0.1) is 23.8 Å². The summed E-state index contributed by atoms with van der Waals surface area (Å²) in [7, 11) is 0. The van der Waals surface area contributed by atoms with Crippen LogP contribution in [0.4, 0.5) is 5.69 Å². The molecule has 0 aliphatic rings. The van der Waals surface area contributed by atoms with Crippen molar-refractivity contribution in [2.24, 2.45) is 0 Å². The SMILES string of the molecule is CCSCCCNc1ccccc1-n1ccnn1. The van der Waals surface area contributed by atoms with Crippen molar-refractivity contribution in [3.63, 3.8) is 0 Å². The predicted octanol–water partition coefficient (Wildman–Crippen LogP) is 2.82. The lowest BCUT2D eigenvalue weighted by Gasteiger charge is -2.11. The van der Waals surface area contributed by atoms with Crippen LogP contribution in [0.15, 0.2) is 36.7 Å². The fourth-order valence-electron chi connectivity index (χ4n) is 1.70. The largest absolute Gasteiger partial charge is 0.383 e. The van der Waals surface area contributed by atoms with Crippen LogP contribution in [-0.2, 0) is 0 Å². The lowest BCUT2D eigenvalue weighted by molar-refractivity contribution is 0.803. The molecule has 18 heavy (non-hydrogen) atoms. The molecule has 0 aliphatic heterocycles. The first kappa shape index (κ1) is 13.0. The summed E-state index contributed by atoms with van der Waals surface area (Å²) in [5.74, 6) is 2.39. The number of rotatable bonds is 7. The fourth-order valence-corrected chi connectivity index (χ4v) is 2.34. The van der Waals surface area contributed by atoms with E-state index in [-0.39, 0.29) is 0 Å². The summed E-state index contributed by atoms with van der Waals surface area (Å²) in [4.78, 5) is 0. The Hall–Kier alpha value is -1.49. The van der Waals surface area contributed by atoms with E-state index in [4.69, 9.17) is 0 Å². The highest BCUT2D eigenvalue weighted by Gasteiger charge is 2.03. The second kappa shape index (κ2) is 7.06. The van der Waals surface area contributed by atoms with Crippen molar-refractivity contribution in [2.75, 3.05) is 23.4 Å². The van der Waals surface area contributed by atoms with E-state index in [2.05, 4.69) is 28.6 Å². The van der Waals surface area contributed by atoms with E-state index >= 15 is 0 Å². The van der Waals surface area contributed by atoms with Crippen molar-refractivity contribution < 1.29 is 0 Å². The molecule has 2 rings (SSSR count). The molecule has 5 heteroatoms. The van der Waals surface area contributed by atoms with Crippen LogP contribution in [0.3, 0.4) is 0 Å². The van der Waals surface area contributed by atoms with Crippen molar-refractivity contribution in [1.82, 2.24) is 15.0 Å². The molecule has 0 amide bonds. The summed E-state index contributed by atoms with van der Waals surface area (Å²) in [5.41, 5.74) is 2.14. The van der Waals surface area contributed by atoms with Gasteiger partial charge in [0.1, 0.15) is 0 Å². The van der Waals surface area contributed by atoms with E-state index < -0.39 is 0 Å². The van der Waals surface area contributed by atoms with Gasteiger partial charge in [-0.1, -0.05) is 24.3 Å². The number of hydrogen-bond acceptors (Lipinski definition) is 4. The summed E-state index contributed by atoms with van der Waals surface area (Å²) in [6.07, 6.45) is 4.71. The van der Waals surface area contributed by atoms with Gasteiger partial charge in [0.25, 0.3) is 0 Å². The molecule has 1 heterocycles. The number of para-hydroxylation sites is 2. The molecule has 4 nitrogen and oxygen atoms in total. The summed E-state index contributed by atoms with van der Waals surface area (Å²) in [6.45, 7) is 3.18. The number of hydrogen-bond donors (Lipinski definition) is 1. The Morgan fingerprint density at radius 2 is 2.22 bits per heavy atom. The highest BCUT2D eigenvalue weighted by molar-refractivity contribution is 7.99. The van der Waals surface area contributed by atoms with Gasteiger partial charge in [0.2, 0.25) is 0 Å². The van der Waals surface area contributed by atoms with Gasteiger partial charge in [-0.05, 0) is 30.1 Å². The maximum Gasteiger partial charge on any atom is 0.0894 e. The van der Waals surface area contributed by atoms with Crippen molar-refractivity contribution in [3.8, 4) is 5.69 Å². The van der Waals surface area contributed by atoms with Gasteiger partial charge in [-0.2, -0.15) is 11.8 Å². The van der Waals surface area contributed by atoms with Gasteiger partial charge in [-0.25, -0.2) is 4.68 Å². The predicted molar refractivity (Wildman–Crippen MR) is 77.5 cm³/mol. The van der Waals surface area contributed by atoms with Crippen molar-refractivity contribution >= 4 is 17.4 Å². The van der Waals surface area contributed by atoms with E-state index in [9.17, 15) is 0 Å². The topological polar surface area (TPSA) is 42.7 Å². The maximum atomic E-state index is 4.03. The van der Waals surface area contributed by atoms with Gasteiger partial charge < -0.3 is 5.32 Å². The third-order valence-corrected chi connectivity index (χ3v) is 3.54. The van der Waals surface area contributed by atoms with E-state index in [1.54, 1.807) is 10.9 Å². The molecule has 0 unspecified atom stereocenters. The molecule has 96 valence electrons. The minimum Gasteiger partial charge on any atom is -0.383 e. The molecule has 1 aromatic heterocycles. The number of nitrogens with zero attached hydrogens (tertiary/aromatic N) is 3. The average molecular weight is 262 g/mol. The zero-order valence-corrected chi connectivity index (χ0v) is 11.4.